The van der Waals surface area contributed by atoms with E-state index in [0.29, 0.717) is 0 Å². The van der Waals surface area contributed by atoms with Gasteiger partial charge in [0.25, 0.3) is 0 Å². The molecule has 0 aromatic heterocycles. The van der Waals surface area contributed by atoms with Crippen molar-refractivity contribution < 1.29 is 0 Å². The van der Waals surface area contributed by atoms with Crippen LogP contribution in [0.1, 0.15) is 60.8 Å². The Bertz CT molecular complexity index is 295. The summed E-state index contributed by atoms with van der Waals surface area (Å²) in [6.45, 7) is 17.1. The molecule has 0 amide bonds. The zero-order valence-corrected chi connectivity index (χ0v) is 12.5. The monoisotopic (exact) mass is 235 g/mol. The lowest BCUT2D eigenvalue weighted by atomic mass is 9.91. The molecule has 0 N–H and O–H groups in total. The lowest BCUT2D eigenvalue weighted by Crippen LogP contribution is -2.03. The summed E-state index contributed by atoms with van der Waals surface area (Å²) in [7, 11) is 0. The highest BCUT2D eigenvalue weighted by Crippen LogP contribution is 2.22. The summed E-state index contributed by atoms with van der Waals surface area (Å²) in [5, 5.41) is 0. The molecule has 0 saturated carbocycles. The van der Waals surface area contributed by atoms with Gasteiger partial charge in [-0.25, -0.2) is 0 Å². The van der Waals surface area contributed by atoms with Crippen molar-refractivity contribution in [1.29, 1.82) is 0 Å². The van der Waals surface area contributed by atoms with Gasteiger partial charge in [-0.1, -0.05) is 33.8 Å². The van der Waals surface area contributed by atoms with Crippen LogP contribution in [0.15, 0.2) is 28.4 Å². The summed E-state index contributed by atoms with van der Waals surface area (Å²) in [6, 6.07) is 0. The average Bonchev–Trinajstić information content (AvgIpc) is 2.24. The summed E-state index contributed by atoms with van der Waals surface area (Å²) in [6.07, 6.45) is 5.54. The molecule has 0 aliphatic rings. The van der Waals surface area contributed by atoms with Gasteiger partial charge in [-0.3, -0.25) is 4.99 Å². The standard InChI is InChI=1S/C16H29N/c1-8-17-16(13(4)5)15(7)11-9-10-14(6)12(2)3/h8,12,14H,4,9-11H2,1-3,5-7H3/b16-15-,17-8?. The first-order valence-electron chi connectivity index (χ1n) is 6.74. The smallest absolute Gasteiger partial charge is 0.0638 e. The highest BCUT2D eigenvalue weighted by molar-refractivity contribution is 5.57. The number of nitrogens with zero attached hydrogens (tertiary/aromatic N) is 1. The molecule has 1 atom stereocenters. The minimum atomic E-state index is 0.786. The van der Waals surface area contributed by atoms with E-state index in [-0.39, 0.29) is 0 Å². The fourth-order valence-electron chi connectivity index (χ4n) is 1.85. The molecule has 0 spiro atoms. The maximum Gasteiger partial charge on any atom is 0.0638 e. The first-order valence-corrected chi connectivity index (χ1v) is 6.74. The van der Waals surface area contributed by atoms with E-state index in [1.54, 1.807) is 0 Å². The van der Waals surface area contributed by atoms with Gasteiger partial charge < -0.3 is 0 Å². The molecule has 1 nitrogen and oxygen atoms in total. The van der Waals surface area contributed by atoms with Gasteiger partial charge >= 0.3 is 0 Å². The molecule has 0 aliphatic carbocycles. The maximum absolute atomic E-state index is 4.41. The highest BCUT2D eigenvalue weighted by Gasteiger charge is 2.07. The fourth-order valence-corrected chi connectivity index (χ4v) is 1.85. The Labute approximate surface area is 108 Å². The average molecular weight is 235 g/mol. The van der Waals surface area contributed by atoms with Crippen LogP contribution in [0.4, 0.5) is 0 Å². The van der Waals surface area contributed by atoms with Crippen LogP contribution in [0, 0.1) is 11.8 Å². The van der Waals surface area contributed by atoms with Crippen LogP contribution >= 0.6 is 0 Å². The third-order valence-electron chi connectivity index (χ3n) is 3.42. The Balaban J connectivity index is 4.36. The summed E-state index contributed by atoms with van der Waals surface area (Å²) in [5.41, 5.74) is 3.52. The number of rotatable bonds is 7. The Morgan fingerprint density at radius 2 is 1.82 bits per heavy atom. The van der Waals surface area contributed by atoms with Crippen LogP contribution in [0.2, 0.25) is 0 Å². The number of hydrogen-bond donors (Lipinski definition) is 0. The minimum Gasteiger partial charge on any atom is -0.261 e. The Morgan fingerprint density at radius 1 is 1.24 bits per heavy atom. The molecule has 0 rings (SSSR count). The SMILES string of the molecule is C=C(C)/C(N=CC)=C(\C)CCCC(C)C(C)C. The van der Waals surface area contributed by atoms with Crippen LogP contribution in [0.3, 0.4) is 0 Å². The Hall–Kier alpha value is -0.850. The topological polar surface area (TPSA) is 12.4 Å². The minimum absolute atomic E-state index is 0.786. The lowest BCUT2D eigenvalue weighted by Gasteiger charge is -2.15. The Morgan fingerprint density at radius 3 is 2.24 bits per heavy atom. The number of aliphatic imine (C=N–C) groups is 1. The van der Waals surface area contributed by atoms with Crippen LogP contribution in [-0.2, 0) is 0 Å². The number of hydrogen-bond acceptors (Lipinski definition) is 1. The second-order valence-electron chi connectivity index (χ2n) is 5.41. The van der Waals surface area contributed by atoms with E-state index in [4.69, 9.17) is 0 Å². The molecule has 0 saturated heterocycles. The summed E-state index contributed by atoms with van der Waals surface area (Å²) >= 11 is 0. The molecule has 0 aliphatic heterocycles. The Kier molecular flexibility index (Phi) is 7.86. The quantitative estimate of drug-likeness (QED) is 0.414. The summed E-state index contributed by atoms with van der Waals surface area (Å²) in [4.78, 5) is 4.41. The number of allylic oxidation sites excluding steroid dienone is 2. The summed E-state index contributed by atoms with van der Waals surface area (Å²) < 4.78 is 0. The molecule has 0 aromatic carbocycles. The third-order valence-corrected chi connectivity index (χ3v) is 3.42. The van der Waals surface area contributed by atoms with Gasteiger partial charge in [0, 0.05) is 6.21 Å². The van der Waals surface area contributed by atoms with E-state index in [1.807, 2.05) is 20.1 Å². The van der Waals surface area contributed by atoms with Gasteiger partial charge in [0.05, 0.1) is 5.70 Å². The zero-order chi connectivity index (χ0) is 13.4. The van der Waals surface area contributed by atoms with Gasteiger partial charge in [0.1, 0.15) is 0 Å². The molecular weight excluding hydrogens is 206 g/mol. The molecule has 98 valence electrons. The van der Waals surface area contributed by atoms with E-state index in [2.05, 4.69) is 39.3 Å². The molecule has 0 radical (unpaired) electrons. The summed E-state index contributed by atoms with van der Waals surface area (Å²) in [5.74, 6) is 1.60. The van der Waals surface area contributed by atoms with Crippen molar-refractivity contribution in [1.82, 2.24) is 0 Å². The molecule has 17 heavy (non-hydrogen) atoms. The molecule has 0 fully saturated rings. The molecule has 1 unspecified atom stereocenters. The predicted molar refractivity (Wildman–Crippen MR) is 79.5 cm³/mol. The normalized spacial score (nSPS) is 15.2. The van der Waals surface area contributed by atoms with Crippen molar-refractivity contribution in [3.63, 3.8) is 0 Å². The second kappa shape index (κ2) is 8.27. The molecule has 1 heteroatoms. The third kappa shape index (κ3) is 6.45. The molecule has 0 heterocycles. The van der Waals surface area contributed by atoms with Gasteiger partial charge in [-0.05, 0) is 56.6 Å². The van der Waals surface area contributed by atoms with Gasteiger partial charge in [-0.15, -0.1) is 0 Å². The molecule has 0 aromatic rings. The largest absolute Gasteiger partial charge is 0.261 e. The highest BCUT2D eigenvalue weighted by atomic mass is 14.7. The molecule has 0 bridgehead atoms. The molecular formula is C16H29N. The lowest BCUT2D eigenvalue weighted by molar-refractivity contribution is 0.382. The van der Waals surface area contributed by atoms with Gasteiger partial charge in [-0.2, -0.15) is 0 Å². The van der Waals surface area contributed by atoms with Crippen LogP contribution in [0.5, 0.6) is 0 Å². The van der Waals surface area contributed by atoms with Crippen LogP contribution < -0.4 is 0 Å². The van der Waals surface area contributed by atoms with Crippen LogP contribution in [-0.4, -0.2) is 6.21 Å². The van der Waals surface area contributed by atoms with E-state index in [9.17, 15) is 0 Å². The maximum atomic E-state index is 4.41. The second-order valence-corrected chi connectivity index (χ2v) is 5.41. The first kappa shape index (κ1) is 16.1. The van der Waals surface area contributed by atoms with Crippen molar-refractivity contribution in [3.05, 3.63) is 23.4 Å². The van der Waals surface area contributed by atoms with Crippen molar-refractivity contribution >= 4 is 6.21 Å². The predicted octanol–water partition coefficient (Wildman–Crippen LogP) is 5.39. The zero-order valence-electron chi connectivity index (χ0n) is 12.5. The van der Waals surface area contributed by atoms with Gasteiger partial charge in [0.2, 0.25) is 0 Å². The van der Waals surface area contributed by atoms with E-state index in [0.717, 1.165) is 29.5 Å². The van der Waals surface area contributed by atoms with Crippen molar-refractivity contribution in [2.45, 2.75) is 60.8 Å². The van der Waals surface area contributed by atoms with E-state index >= 15 is 0 Å². The fraction of sp³-hybridized carbons (Fsp3) is 0.688. The van der Waals surface area contributed by atoms with Crippen molar-refractivity contribution in [2.24, 2.45) is 16.8 Å². The van der Waals surface area contributed by atoms with Crippen LogP contribution in [0.25, 0.3) is 0 Å². The van der Waals surface area contributed by atoms with E-state index < -0.39 is 0 Å². The first-order chi connectivity index (χ1) is 7.90. The van der Waals surface area contributed by atoms with E-state index in [1.165, 1.54) is 18.4 Å². The van der Waals surface area contributed by atoms with Crippen molar-refractivity contribution in [3.8, 4) is 0 Å². The van der Waals surface area contributed by atoms with Gasteiger partial charge in [0.15, 0.2) is 0 Å². The van der Waals surface area contributed by atoms with Crippen molar-refractivity contribution in [2.75, 3.05) is 0 Å².